The lowest BCUT2D eigenvalue weighted by molar-refractivity contribution is -0.131. The summed E-state index contributed by atoms with van der Waals surface area (Å²) < 4.78 is 5.05. The van der Waals surface area contributed by atoms with E-state index in [4.69, 9.17) is 4.74 Å². The molecule has 0 spiro atoms. The van der Waals surface area contributed by atoms with Crippen molar-refractivity contribution in [1.82, 2.24) is 0 Å². The zero-order valence-electron chi connectivity index (χ0n) is 8.54. The Labute approximate surface area is 83.9 Å². The Morgan fingerprint density at radius 2 is 2.29 bits per heavy atom. The Morgan fingerprint density at radius 1 is 1.50 bits per heavy atom. The molecule has 1 aromatic rings. The van der Waals surface area contributed by atoms with Crippen molar-refractivity contribution >= 4 is 5.97 Å². The Balaban J connectivity index is 2.30. The minimum atomic E-state index is -0.254. The second-order valence-electron chi connectivity index (χ2n) is 3.89. The van der Waals surface area contributed by atoms with Crippen molar-refractivity contribution < 1.29 is 9.53 Å². The second-order valence-corrected chi connectivity index (χ2v) is 3.89. The first kappa shape index (κ1) is 9.25. The molecule has 0 heterocycles. The fourth-order valence-corrected chi connectivity index (χ4v) is 2.02. The van der Waals surface area contributed by atoms with Crippen molar-refractivity contribution in [3.05, 3.63) is 29.3 Å². The third-order valence-electron chi connectivity index (χ3n) is 2.76. The molecule has 0 saturated heterocycles. The normalized spacial score (nSPS) is 19.1. The van der Waals surface area contributed by atoms with E-state index >= 15 is 0 Å². The topological polar surface area (TPSA) is 26.3 Å². The first-order valence-corrected chi connectivity index (χ1v) is 4.98. The number of hydrogen-bond acceptors (Lipinski definition) is 2. The molecule has 0 fully saturated rings. The van der Waals surface area contributed by atoms with Gasteiger partial charge in [-0.25, -0.2) is 0 Å². The monoisotopic (exact) mass is 190 g/mol. The number of fused-ring (bicyclic) bond motifs is 1. The molecule has 0 aliphatic heterocycles. The standard InChI is InChI=1S/C12H14O2/c1-8-3-4-10-5-6-11(7-12(8)10)14-9(2)13/h5-8H,3-4H2,1-2H3. The molecule has 2 nitrogen and oxygen atoms in total. The first-order valence-electron chi connectivity index (χ1n) is 4.98. The van der Waals surface area contributed by atoms with E-state index in [9.17, 15) is 4.79 Å². The quantitative estimate of drug-likeness (QED) is 0.502. The second kappa shape index (κ2) is 3.45. The molecule has 0 aromatic heterocycles. The van der Waals surface area contributed by atoms with Crippen molar-refractivity contribution in [1.29, 1.82) is 0 Å². The number of rotatable bonds is 1. The number of ether oxygens (including phenoxy) is 1. The first-order chi connectivity index (χ1) is 6.66. The molecule has 1 atom stereocenters. The van der Waals surface area contributed by atoms with Crippen LogP contribution >= 0.6 is 0 Å². The molecule has 1 aliphatic carbocycles. The van der Waals surface area contributed by atoms with Crippen molar-refractivity contribution in [2.45, 2.75) is 32.6 Å². The molecule has 2 heteroatoms. The molecule has 0 amide bonds. The molecule has 1 aliphatic rings. The lowest BCUT2D eigenvalue weighted by Gasteiger charge is -2.07. The summed E-state index contributed by atoms with van der Waals surface area (Å²) in [5, 5.41) is 0. The number of esters is 1. The summed E-state index contributed by atoms with van der Waals surface area (Å²) in [5.74, 6) is 1.01. The van der Waals surface area contributed by atoms with Crippen molar-refractivity contribution in [2.75, 3.05) is 0 Å². The van der Waals surface area contributed by atoms with Crippen molar-refractivity contribution in [3.63, 3.8) is 0 Å². The third-order valence-corrected chi connectivity index (χ3v) is 2.76. The van der Waals surface area contributed by atoms with Gasteiger partial charge in [0.1, 0.15) is 5.75 Å². The Kier molecular flexibility index (Phi) is 2.28. The predicted octanol–water partition coefficient (Wildman–Crippen LogP) is 2.66. The van der Waals surface area contributed by atoms with Crippen LogP contribution in [0.15, 0.2) is 18.2 Å². The molecule has 0 saturated carbocycles. The highest BCUT2D eigenvalue weighted by Crippen LogP contribution is 2.34. The Bertz CT molecular complexity index is 369. The van der Waals surface area contributed by atoms with Crippen LogP contribution in [0, 0.1) is 0 Å². The minimum Gasteiger partial charge on any atom is -0.427 e. The molecule has 1 unspecified atom stereocenters. The molecular formula is C12H14O2. The number of benzene rings is 1. The Hall–Kier alpha value is -1.31. The number of carbonyl (C=O) groups is 1. The summed E-state index contributed by atoms with van der Waals surface area (Å²) >= 11 is 0. The van der Waals surface area contributed by atoms with Gasteiger partial charge in [0.2, 0.25) is 0 Å². The van der Waals surface area contributed by atoms with Crippen LogP contribution < -0.4 is 4.74 Å². The van der Waals surface area contributed by atoms with Gasteiger partial charge in [-0.15, -0.1) is 0 Å². The average Bonchev–Trinajstić information content (AvgIpc) is 2.47. The van der Waals surface area contributed by atoms with Crippen LogP contribution in [0.2, 0.25) is 0 Å². The van der Waals surface area contributed by atoms with Gasteiger partial charge in [-0.2, -0.15) is 0 Å². The highest BCUT2D eigenvalue weighted by molar-refractivity contribution is 5.69. The molecule has 1 aromatic carbocycles. The zero-order valence-corrected chi connectivity index (χ0v) is 8.54. The number of aryl methyl sites for hydroxylation is 1. The number of carbonyl (C=O) groups excluding carboxylic acids is 1. The van der Waals surface area contributed by atoms with Crippen LogP contribution in [0.1, 0.15) is 37.3 Å². The maximum Gasteiger partial charge on any atom is 0.308 e. The van der Waals surface area contributed by atoms with Crippen LogP contribution in [0.5, 0.6) is 5.75 Å². The van der Waals surface area contributed by atoms with E-state index in [1.165, 1.54) is 24.5 Å². The summed E-state index contributed by atoms with van der Waals surface area (Å²) in [4.78, 5) is 10.8. The van der Waals surface area contributed by atoms with Crippen LogP contribution in [-0.4, -0.2) is 5.97 Å². The van der Waals surface area contributed by atoms with E-state index in [1.807, 2.05) is 12.1 Å². The van der Waals surface area contributed by atoms with Crippen LogP contribution in [0.25, 0.3) is 0 Å². The minimum absolute atomic E-state index is 0.254. The fourth-order valence-electron chi connectivity index (χ4n) is 2.02. The summed E-state index contributed by atoms with van der Waals surface area (Å²) in [6, 6.07) is 5.93. The lowest BCUT2D eigenvalue weighted by atomic mass is 10.0. The van der Waals surface area contributed by atoms with E-state index in [0.717, 1.165) is 6.42 Å². The molecule has 0 radical (unpaired) electrons. The van der Waals surface area contributed by atoms with E-state index in [2.05, 4.69) is 13.0 Å². The van der Waals surface area contributed by atoms with Gasteiger partial charge in [0.05, 0.1) is 0 Å². The van der Waals surface area contributed by atoms with Crippen LogP contribution in [-0.2, 0) is 11.2 Å². The van der Waals surface area contributed by atoms with Gasteiger partial charge in [-0.3, -0.25) is 4.79 Å². The summed E-state index contributed by atoms with van der Waals surface area (Å²) in [7, 11) is 0. The SMILES string of the molecule is CC(=O)Oc1ccc2c(c1)C(C)CC2. The van der Waals surface area contributed by atoms with Gasteiger partial charge in [-0.1, -0.05) is 13.0 Å². The molecule has 2 rings (SSSR count). The predicted molar refractivity (Wildman–Crippen MR) is 54.5 cm³/mol. The molecule has 14 heavy (non-hydrogen) atoms. The summed E-state index contributed by atoms with van der Waals surface area (Å²) in [6.45, 7) is 3.64. The van der Waals surface area contributed by atoms with Crippen molar-refractivity contribution in [2.24, 2.45) is 0 Å². The number of hydrogen-bond donors (Lipinski definition) is 0. The summed E-state index contributed by atoms with van der Waals surface area (Å²) in [5.41, 5.74) is 2.73. The molecule has 0 bridgehead atoms. The Morgan fingerprint density at radius 3 is 3.00 bits per heavy atom. The van der Waals surface area contributed by atoms with Gasteiger partial charge in [0, 0.05) is 6.92 Å². The smallest absolute Gasteiger partial charge is 0.308 e. The van der Waals surface area contributed by atoms with Gasteiger partial charge in [0.25, 0.3) is 0 Å². The zero-order chi connectivity index (χ0) is 10.1. The lowest BCUT2D eigenvalue weighted by Crippen LogP contribution is -2.01. The van der Waals surface area contributed by atoms with Crippen LogP contribution in [0.3, 0.4) is 0 Å². The largest absolute Gasteiger partial charge is 0.427 e. The van der Waals surface area contributed by atoms with Crippen LogP contribution in [0.4, 0.5) is 0 Å². The fraction of sp³-hybridized carbons (Fsp3) is 0.417. The molecule has 0 N–H and O–H groups in total. The maximum absolute atomic E-state index is 10.8. The van der Waals surface area contributed by atoms with E-state index in [1.54, 1.807) is 0 Å². The van der Waals surface area contributed by atoms with Gasteiger partial charge < -0.3 is 4.74 Å². The maximum atomic E-state index is 10.8. The van der Waals surface area contributed by atoms with Gasteiger partial charge in [-0.05, 0) is 42.0 Å². The van der Waals surface area contributed by atoms with Crippen molar-refractivity contribution in [3.8, 4) is 5.75 Å². The van der Waals surface area contributed by atoms with E-state index in [-0.39, 0.29) is 5.97 Å². The van der Waals surface area contributed by atoms with Gasteiger partial charge in [0.15, 0.2) is 0 Å². The highest BCUT2D eigenvalue weighted by Gasteiger charge is 2.18. The highest BCUT2D eigenvalue weighted by atomic mass is 16.5. The molecular weight excluding hydrogens is 176 g/mol. The van der Waals surface area contributed by atoms with E-state index in [0.29, 0.717) is 11.7 Å². The molecule has 74 valence electrons. The third kappa shape index (κ3) is 1.65. The average molecular weight is 190 g/mol. The summed E-state index contributed by atoms with van der Waals surface area (Å²) in [6.07, 6.45) is 2.36. The van der Waals surface area contributed by atoms with Gasteiger partial charge >= 0.3 is 5.97 Å². The van der Waals surface area contributed by atoms with E-state index < -0.39 is 0 Å².